The molecule has 0 aliphatic carbocycles. The summed E-state index contributed by atoms with van der Waals surface area (Å²) in [5.41, 5.74) is 1.84. The summed E-state index contributed by atoms with van der Waals surface area (Å²) >= 11 is 5.82. The Morgan fingerprint density at radius 1 is 1.47 bits per heavy atom. The lowest BCUT2D eigenvalue weighted by molar-refractivity contribution is -0.116. The molecule has 1 aromatic rings. The number of amides is 1. The van der Waals surface area contributed by atoms with Gasteiger partial charge in [-0.2, -0.15) is 0 Å². The number of carbonyl (C=O) groups is 1. The maximum atomic E-state index is 11.5. The molecular weight excluding hydrogens is 210 g/mol. The van der Waals surface area contributed by atoms with E-state index in [1.165, 1.54) is 0 Å². The van der Waals surface area contributed by atoms with Crippen LogP contribution in [0.1, 0.15) is 31.7 Å². The fourth-order valence-corrected chi connectivity index (χ4v) is 1.54. The fourth-order valence-electron chi connectivity index (χ4n) is 1.32. The van der Waals surface area contributed by atoms with E-state index in [0.29, 0.717) is 11.4 Å². The third kappa shape index (κ3) is 3.92. The minimum Gasteiger partial charge on any atom is -0.326 e. The predicted molar refractivity (Wildman–Crippen MR) is 64.3 cm³/mol. The number of hydrogen-bond donors (Lipinski definition) is 1. The third-order valence-corrected chi connectivity index (χ3v) is 2.46. The molecular formula is C12H16ClNO. The van der Waals surface area contributed by atoms with Crippen LogP contribution in [0.25, 0.3) is 0 Å². The highest BCUT2D eigenvalue weighted by atomic mass is 35.5. The second kappa shape index (κ2) is 5.76. The van der Waals surface area contributed by atoms with Gasteiger partial charge in [-0.25, -0.2) is 0 Å². The van der Waals surface area contributed by atoms with Gasteiger partial charge in [-0.05, 0) is 37.1 Å². The van der Waals surface area contributed by atoms with Gasteiger partial charge in [-0.3, -0.25) is 4.79 Å². The molecule has 1 N–H and O–H groups in total. The molecule has 0 atom stereocenters. The number of carbonyl (C=O) groups excluding carboxylic acids is 1. The van der Waals surface area contributed by atoms with Crippen molar-refractivity contribution in [3.8, 4) is 0 Å². The maximum absolute atomic E-state index is 11.5. The van der Waals surface area contributed by atoms with Gasteiger partial charge in [0.05, 0.1) is 0 Å². The van der Waals surface area contributed by atoms with Crippen LogP contribution in [-0.4, -0.2) is 5.91 Å². The SMILES string of the molecule is CCCCC(=O)Nc1ccc(Cl)cc1C. The zero-order chi connectivity index (χ0) is 11.3. The van der Waals surface area contributed by atoms with Crippen LogP contribution in [0.3, 0.4) is 0 Å². The molecule has 15 heavy (non-hydrogen) atoms. The average molecular weight is 226 g/mol. The Morgan fingerprint density at radius 3 is 2.80 bits per heavy atom. The molecule has 0 saturated carbocycles. The number of benzene rings is 1. The molecule has 0 bridgehead atoms. The molecule has 0 aliphatic rings. The van der Waals surface area contributed by atoms with Gasteiger partial charge in [0.2, 0.25) is 5.91 Å². The molecule has 0 spiro atoms. The molecule has 0 radical (unpaired) electrons. The van der Waals surface area contributed by atoms with E-state index in [1.54, 1.807) is 6.07 Å². The van der Waals surface area contributed by atoms with Crippen molar-refractivity contribution in [1.29, 1.82) is 0 Å². The first-order chi connectivity index (χ1) is 7.13. The van der Waals surface area contributed by atoms with Crippen LogP contribution in [0.4, 0.5) is 5.69 Å². The number of hydrogen-bond acceptors (Lipinski definition) is 1. The van der Waals surface area contributed by atoms with E-state index in [2.05, 4.69) is 12.2 Å². The zero-order valence-electron chi connectivity index (χ0n) is 9.14. The van der Waals surface area contributed by atoms with Gasteiger partial charge in [-0.15, -0.1) is 0 Å². The number of anilines is 1. The molecule has 2 nitrogen and oxygen atoms in total. The van der Waals surface area contributed by atoms with Crippen molar-refractivity contribution >= 4 is 23.2 Å². The quantitative estimate of drug-likeness (QED) is 0.830. The molecule has 82 valence electrons. The van der Waals surface area contributed by atoms with Gasteiger partial charge in [-0.1, -0.05) is 24.9 Å². The smallest absolute Gasteiger partial charge is 0.224 e. The highest BCUT2D eigenvalue weighted by Gasteiger charge is 2.04. The van der Waals surface area contributed by atoms with Gasteiger partial charge >= 0.3 is 0 Å². The van der Waals surface area contributed by atoms with Crippen LogP contribution in [0.5, 0.6) is 0 Å². The summed E-state index contributed by atoms with van der Waals surface area (Å²) in [6.07, 6.45) is 2.55. The van der Waals surface area contributed by atoms with E-state index in [-0.39, 0.29) is 5.91 Å². The van der Waals surface area contributed by atoms with Gasteiger partial charge < -0.3 is 5.32 Å². The normalized spacial score (nSPS) is 10.1. The van der Waals surface area contributed by atoms with Crippen molar-refractivity contribution in [2.24, 2.45) is 0 Å². The van der Waals surface area contributed by atoms with Crippen molar-refractivity contribution < 1.29 is 4.79 Å². The highest BCUT2D eigenvalue weighted by molar-refractivity contribution is 6.30. The van der Waals surface area contributed by atoms with E-state index in [4.69, 9.17) is 11.6 Å². The topological polar surface area (TPSA) is 29.1 Å². The van der Waals surface area contributed by atoms with Crippen LogP contribution in [-0.2, 0) is 4.79 Å². The fraction of sp³-hybridized carbons (Fsp3) is 0.417. The van der Waals surface area contributed by atoms with Crippen molar-refractivity contribution in [2.45, 2.75) is 33.1 Å². The summed E-state index contributed by atoms with van der Waals surface area (Å²) in [7, 11) is 0. The standard InChI is InChI=1S/C12H16ClNO/c1-3-4-5-12(15)14-11-7-6-10(13)8-9(11)2/h6-8H,3-5H2,1-2H3,(H,14,15). The predicted octanol–water partition coefficient (Wildman–Crippen LogP) is 3.78. The first-order valence-electron chi connectivity index (χ1n) is 5.19. The Kier molecular flexibility index (Phi) is 4.63. The first-order valence-corrected chi connectivity index (χ1v) is 5.57. The van der Waals surface area contributed by atoms with E-state index in [0.717, 1.165) is 24.1 Å². The lowest BCUT2D eigenvalue weighted by Gasteiger charge is -2.08. The molecule has 1 amide bonds. The molecule has 0 aromatic heterocycles. The highest BCUT2D eigenvalue weighted by Crippen LogP contribution is 2.19. The summed E-state index contributed by atoms with van der Waals surface area (Å²) in [4.78, 5) is 11.5. The van der Waals surface area contributed by atoms with E-state index < -0.39 is 0 Å². The van der Waals surface area contributed by atoms with Gasteiger partial charge in [0.25, 0.3) is 0 Å². The van der Waals surface area contributed by atoms with Crippen molar-refractivity contribution in [1.82, 2.24) is 0 Å². The summed E-state index contributed by atoms with van der Waals surface area (Å²) < 4.78 is 0. The Morgan fingerprint density at radius 2 is 2.20 bits per heavy atom. The number of nitrogens with one attached hydrogen (secondary N) is 1. The lowest BCUT2D eigenvalue weighted by atomic mass is 10.2. The molecule has 0 aliphatic heterocycles. The third-order valence-electron chi connectivity index (χ3n) is 2.22. The number of rotatable bonds is 4. The van der Waals surface area contributed by atoms with Gasteiger partial charge in [0.1, 0.15) is 0 Å². The molecule has 0 saturated heterocycles. The summed E-state index contributed by atoms with van der Waals surface area (Å²) in [6, 6.07) is 5.46. The lowest BCUT2D eigenvalue weighted by Crippen LogP contribution is -2.11. The Labute approximate surface area is 95.6 Å². The Hall–Kier alpha value is -1.02. The second-order valence-electron chi connectivity index (χ2n) is 3.61. The molecule has 1 rings (SSSR count). The van der Waals surface area contributed by atoms with Crippen molar-refractivity contribution in [3.05, 3.63) is 28.8 Å². The van der Waals surface area contributed by atoms with Gasteiger partial charge in [0.15, 0.2) is 0 Å². The second-order valence-corrected chi connectivity index (χ2v) is 4.05. The maximum Gasteiger partial charge on any atom is 0.224 e. The number of unbranched alkanes of at least 4 members (excludes halogenated alkanes) is 1. The minimum absolute atomic E-state index is 0.0715. The Balaban J connectivity index is 2.60. The average Bonchev–Trinajstić information content (AvgIpc) is 2.19. The molecule has 1 aromatic carbocycles. The molecule has 0 unspecified atom stereocenters. The zero-order valence-corrected chi connectivity index (χ0v) is 9.90. The summed E-state index contributed by atoms with van der Waals surface area (Å²) in [5, 5.41) is 3.57. The molecule has 3 heteroatoms. The van der Waals surface area contributed by atoms with Crippen LogP contribution < -0.4 is 5.32 Å². The van der Waals surface area contributed by atoms with E-state index in [9.17, 15) is 4.79 Å². The number of halogens is 1. The van der Waals surface area contributed by atoms with Crippen LogP contribution in [0.2, 0.25) is 5.02 Å². The van der Waals surface area contributed by atoms with Crippen LogP contribution in [0.15, 0.2) is 18.2 Å². The van der Waals surface area contributed by atoms with E-state index in [1.807, 2.05) is 19.1 Å². The summed E-state index contributed by atoms with van der Waals surface area (Å²) in [6.45, 7) is 4.00. The van der Waals surface area contributed by atoms with Gasteiger partial charge in [0, 0.05) is 17.1 Å². The summed E-state index contributed by atoms with van der Waals surface area (Å²) in [5.74, 6) is 0.0715. The largest absolute Gasteiger partial charge is 0.326 e. The Bertz CT molecular complexity index is 349. The minimum atomic E-state index is 0.0715. The van der Waals surface area contributed by atoms with Crippen LogP contribution in [0, 0.1) is 6.92 Å². The molecule has 0 fully saturated rings. The van der Waals surface area contributed by atoms with Crippen molar-refractivity contribution in [3.63, 3.8) is 0 Å². The van der Waals surface area contributed by atoms with Crippen molar-refractivity contribution in [2.75, 3.05) is 5.32 Å². The first kappa shape index (κ1) is 12.1. The number of aryl methyl sites for hydroxylation is 1. The van der Waals surface area contributed by atoms with Crippen LogP contribution >= 0.6 is 11.6 Å². The van der Waals surface area contributed by atoms with E-state index >= 15 is 0 Å². The monoisotopic (exact) mass is 225 g/mol. The molecule has 0 heterocycles.